The summed E-state index contributed by atoms with van der Waals surface area (Å²) in [5, 5.41) is 10.2. The molecule has 0 aromatic heterocycles. The van der Waals surface area contributed by atoms with Gasteiger partial charge in [-0.2, -0.15) is 0 Å². The van der Waals surface area contributed by atoms with Crippen molar-refractivity contribution in [3.05, 3.63) is 35.9 Å². The summed E-state index contributed by atoms with van der Waals surface area (Å²) in [7, 11) is -1.83. The monoisotopic (exact) mass is 417 g/mol. The molecule has 2 aliphatic rings. The number of nitrogens with zero attached hydrogens (tertiary/aromatic N) is 1. The minimum atomic E-state index is -1.83. The Bertz CT molecular complexity index is 679. The molecule has 1 aromatic carbocycles. The average Bonchev–Trinajstić information content (AvgIpc) is 3.30. The van der Waals surface area contributed by atoms with Crippen LogP contribution in [0.25, 0.3) is 0 Å². The molecule has 0 bridgehead atoms. The van der Waals surface area contributed by atoms with Crippen LogP contribution in [-0.2, 0) is 9.22 Å². The van der Waals surface area contributed by atoms with Gasteiger partial charge in [-0.3, -0.25) is 9.69 Å². The van der Waals surface area contributed by atoms with Gasteiger partial charge in [-0.15, -0.1) is 0 Å². The Morgan fingerprint density at radius 2 is 1.79 bits per heavy atom. The normalized spacial score (nSPS) is 25.4. The van der Waals surface area contributed by atoms with Crippen LogP contribution in [0.3, 0.4) is 0 Å². The second kappa shape index (κ2) is 8.91. The molecular weight excluding hydrogens is 378 g/mol. The van der Waals surface area contributed by atoms with Gasteiger partial charge in [0.25, 0.3) is 0 Å². The number of carbonyl (C=O) groups is 1. The molecule has 1 N–H and O–H groups in total. The third-order valence-corrected chi connectivity index (χ3v) is 12.2. The van der Waals surface area contributed by atoms with E-state index in [2.05, 4.69) is 69.1 Å². The third-order valence-electron chi connectivity index (χ3n) is 7.65. The molecule has 3 rings (SSSR count). The Kier molecular flexibility index (Phi) is 6.91. The fourth-order valence-electron chi connectivity index (χ4n) is 4.84. The molecular formula is C24H39NO3Si. The second-order valence-electron chi connectivity index (χ2n) is 10.6. The Morgan fingerprint density at radius 3 is 2.34 bits per heavy atom. The summed E-state index contributed by atoms with van der Waals surface area (Å²) in [6.07, 6.45) is 4.44. The molecule has 0 radical (unpaired) electrons. The summed E-state index contributed by atoms with van der Waals surface area (Å²) in [6, 6.07) is 10.3. The Morgan fingerprint density at radius 1 is 1.17 bits per heavy atom. The van der Waals surface area contributed by atoms with Crippen molar-refractivity contribution in [2.24, 2.45) is 11.8 Å². The fourth-order valence-corrected chi connectivity index (χ4v) is 5.90. The summed E-state index contributed by atoms with van der Waals surface area (Å²) in [4.78, 5) is 14.5. The van der Waals surface area contributed by atoms with Crippen molar-refractivity contribution in [2.45, 2.75) is 76.5 Å². The zero-order valence-electron chi connectivity index (χ0n) is 18.9. The lowest BCUT2D eigenvalue weighted by molar-refractivity contribution is -0.145. The van der Waals surface area contributed by atoms with Gasteiger partial charge in [-0.05, 0) is 42.5 Å². The van der Waals surface area contributed by atoms with Crippen LogP contribution in [0.5, 0.6) is 0 Å². The van der Waals surface area contributed by atoms with Gasteiger partial charge >= 0.3 is 5.97 Å². The van der Waals surface area contributed by atoms with Crippen molar-refractivity contribution in [1.82, 2.24) is 4.90 Å². The van der Waals surface area contributed by atoms with E-state index in [-0.39, 0.29) is 11.1 Å². The van der Waals surface area contributed by atoms with E-state index in [1.165, 1.54) is 18.4 Å². The highest BCUT2D eigenvalue weighted by atomic mass is 28.4. The van der Waals surface area contributed by atoms with Crippen LogP contribution in [0.1, 0.15) is 57.9 Å². The molecule has 0 amide bonds. The lowest BCUT2D eigenvalue weighted by Gasteiger charge is -2.37. The number of rotatable bonds is 7. The number of hydrogen-bond donors (Lipinski definition) is 1. The molecule has 1 heterocycles. The van der Waals surface area contributed by atoms with Crippen molar-refractivity contribution < 1.29 is 14.3 Å². The lowest BCUT2D eigenvalue weighted by atomic mass is 9.90. The number of carboxylic acids is 1. The highest BCUT2D eigenvalue weighted by Crippen LogP contribution is 2.41. The first-order valence-electron chi connectivity index (χ1n) is 11.3. The van der Waals surface area contributed by atoms with Gasteiger partial charge in [0.15, 0.2) is 8.32 Å². The first-order chi connectivity index (χ1) is 13.6. The van der Waals surface area contributed by atoms with E-state index in [9.17, 15) is 9.90 Å². The van der Waals surface area contributed by atoms with Crippen LogP contribution < -0.4 is 0 Å². The first-order valence-corrected chi connectivity index (χ1v) is 14.2. The Balaban J connectivity index is 1.79. The molecule has 1 aliphatic heterocycles. The zero-order chi connectivity index (χ0) is 21.2. The van der Waals surface area contributed by atoms with Crippen molar-refractivity contribution in [2.75, 3.05) is 19.7 Å². The predicted molar refractivity (Wildman–Crippen MR) is 121 cm³/mol. The summed E-state index contributed by atoms with van der Waals surface area (Å²) in [5.74, 6) is 0.331. The number of carboxylic acid groups (broad SMARTS) is 1. The maximum atomic E-state index is 12.2. The van der Waals surface area contributed by atoms with Crippen LogP contribution in [-0.4, -0.2) is 50.0 Å². The summed E-state index contributed by atoms with van der Waals surface area (Å²) in [6.45, 7) is 13.8. The minimum Gasteiger partial charge on any atom is -0.480 e. The Hall–Kier alpha value is -1.17. The number of benzene rings is 1. The van der Waals surface area contributed by atoms with Gasteiger partial charge in [-0.25, -0.2) is 0 Å². The van der Waals surface area contributed by atoms with Crippen LogP contribution in [0.15, 0.2) is 30.3 Å². The van der Waals surface area contributed by atoms with E-state index in [0.29, 0.717) is 17.8 Å². The molecule has 1 saturated carbocycles. The standard InChI is InChI=1S/C24H39NO3Si/c1-24(2,3)29(4,5)28-17-20-15-25(16-21(20)18-11-7-6-8-12-18)22(23(26)27)19-13-9-10-14-19/h6-8,11-12,19-22H,9-10,13-17H2,1-5H3,(H,26,27)/t20-,21-,22-/m1/s1. The average molecular weight is 418 g/mol. The molecule has 29 heavy (non-hydrogen) atoms. The van der Waals surface area contributed by atoms with E-state index in [4.69, 9.17) is 4.43 Å². The smallest absolute Gasteiger partial charge is 0.321 e. The van der Waals surface area contributed by atoms with E-state index in [1.54, 1.807) is 0 Å². The molecule has 5 heteroatoms. The van der Waals surface area contributed by atoms with Gasteiger partial charge in [0.05, 0.1) is 0 Å². The van der Waals surface area contributed by atoms with E-state index in [0.717, 1.165) is 32.5 Å². The largest absolute Gasteiger partial charge is 0.480 e. The SMILES string of the molecule is CC(C)(C)[Si](C)(C)OC[C@H]1CN([C@@H](C(=O)O)C2CCCC2)C[C@@H]1c1ccccc1. The van der Waals surface area contributed by atoms with Crippen molar-refractivity contribution in [3.8, 4) is 0 Å². The molecule has 4 nitrogen and oxygen atoms in total. The number of hydrogen-bond acceptors (Lipinski definition) is 3. The second-order valence-corrected chi connectivity index (χ2v) is 15.4. The molecule has 162 valence electrons. The van der Waals surface area contributed by atoms with Gasteiger partial charge in [0.2, 0.25) is 0 Å². The highest BCUT2D eigenvalue weighted by Gasteiger charge is 2.44. The summed E-state index contributed by atoms with van der Waals surface area (Å²) >= 11 is 0. The van der Waals surface area contributed by atoms with Crippen LogP contribution >= 0.6 is 0 Å². The number of aliphatic carboxylic acids is 1. The molecule has 3 atom stereocenters. The van der Waals surface area contributed by atoms with Crippen LogP contribution in [0.4, 0.5) is 0 Å². The molecule has 1 aliphatic carbocycles. The fraction of sp³-hybridized carbons (Fsp3) is 0.708. The van der Waals surface area contributed by atoms with Gasteiger partial charge in [0, 0.05) is 31.5 Å². The maximum absolute atomic E-state index is 12.2. The summed E-state index contributed by atoms with van der Waals surface area (Å²) in [5.41, 5.74) is 1.31. The van der Waals surface area contributed by atoms with Crippen LogP contribution in [0.2, 0.25) is 18.1 Å². The zero-order valence-corrected chi connectivity index (χ0v) is 19.9. The van der Waals surface area contributed by atoms with Crippen LogP contribution in [0, 0.1) is 11.8 Å². The van der Waals surface area contributed by atoms with Crippen molar-refractivity contribution >= 4 is 14.3 Å². The predicted octanol–water partition coefficient (Wildman–Crippen LogP) is 5.37. The highest BCUT2D eigenvalue weighted by molar-refractivity contribution is 6.74. The van der Waals surface area contributed by atoms with Gasteiger partial charge in [-0.1, -0.05) is 63.9 Å². The molecule has 1 aromatic rings. The van der Waals surface area contributed by atoms with E-state index >= 15 is 0 Å². The van der Waals surface area contributed by atoms with E-state index in [1.807, 2.05) is 0 Å². The van der Waals surface area contributed by atoms with Crippen molar-refractivity contribution in [3.63, 3.8) is 0 Å². The lowest BCUT2D eigenvalue weighted by Crippen LogP contribution is -2.45. The quantitative estimate of drug-likeness (QED) is 0.606. The third kappa shape index (κ3) is 5.12. The molecule has 2 fully saturated rings. The summed E-state index contributed by atoms with van der Waals surface area (Å²) < 4.78 is 6.61. The molecule has 0 unspecified atom stereocenters. The van der Waals surface area contributed by atoms with Gasteiger partial charge in [0.1, 0.15) is 6.04 Å². The minimum absolute atomic E-state index is 0.182. The number of likely N-dealkylation sites (tertiary alicyclic amines) is 1. The van der Waals surface area contributed by atoms with E-state index < -0.39 is 14.3 Å². The topological polar surface area (TPSA) is 49.8 Å². The maximum Gasteiger partial charge on any atom is 0.321 e. The first kappa shape index (κ1) is 22.5. The molecule has 1 saturated heterocycles. The molecule has 0 spiro atoms. The van der Waals surface area contributed by atoms with Gasteiger partial charge < -0.3 is 9.53 Å². The van der Waals surface area contributed by atoms with Crippen molar-refractivity contribution in [1.29, 1.82) is 0 Å². The Labute approximate surface area is 177 Å².